The fraction of sp³-hybridized carbons (Fsp3) is 0.333. The highest BCUT2D eigenvalue weighted by Crippen LogP contribution is 2.12. The molecule has 0 aliphatic carbocycles. The van der Waals surface area contributed by atoms with Crippen molar-refractivity contribution >= 4 is 22.9 Å². The minimum absolute atomic E-state index is 0.0668. The number of aromatic nitrogens is 3. The molecule has 2 aromatic rings. The van der Waals surface area contributed by atoms with Crippen LogP contribution in [0.2, 0.25) is 0 Å². The monoisotopic (exact) mass is 262 g/mol. The molecule has 100 valence electrons. The number of aromatic amines is 1. The molecule has 0 unspecified atom stereocenters. The average molecular weight is 262 g/mol. The lowest BCUT2D eigenvalue weighted by Crippen LogP contribution is -2.36. The van der Waals surface area contributed by atoms with Gasteiger partial charge in [-0.2, -0.15) is 15.4 Å². The number of methoxy groups -OCH3 is 1. The largest absolute Gasteiger partial charge is 0.468 e. The number of carbonyl (C=O) groups is 2. The van der Waals surface area contributed by atoms with Crippen LogP contribution in [0.4, 0.5) is 0 Å². The van der Waals surface area contributed by atoms with Crippen LogP contribution in [0.25, 0.3) is 11.0 Å². The molecule has 0 atom stereocenters. The van der Waals surface area contributed by atoms with Crippen LogP contribution in [0.5, 0.6) is 0 Å². The summed E-state index contributed by atoms with van der Waals surface area (Å²) in [5.74, 6) is -0.685. The first-order valence-electron chi connectivity index (χ1n) is 5.82. The van der Waals surface area contributed by atoms with Crippen LogP contribution in [0, 0.1) is 0 Å². The molecule has 1 aromatic carbocycles. The van der Waals surface area contributed by atoms with Gasteiger partial charge in [0.2, 0.25) is 0 Å². The van der Waals surface area contributed by atoms with Gasteiger partial charge < -0.3 is 9.64 Å². The average Bonchev–Trinajstić information content (AvgIpc) is 2.90. The van der Waals surface area contributed by atoms with E-state index < -0.39 is 5.97 Å². The Balaban J connectivity index is 2.23. The molecule has 2 rings (SSSR count). The molecule has 7 nitrogen and oxygen atoms in total. The van der Waals surface area contributed by atoms with Crippen molar-refractivity contribution in [1.29, 1.82) is 0 Å². The molecule has 0 spiro atoms. The maximum absolute atomic E-state index is 12.3. The topological polar surface area (TPSA) is 88.2 Å². The zero-order valence-corrected chi connectivity index (χ0v) is 10.7. The van der Waals surface area contributed by atoms with Crippen molar-refractivity contribution in [2.75, 3.05) is 20.2 Å². The number of amides is 1. The van der Waals surface area contributed by atoms with E-state index in [1.807, 2.05) is 0 Å². The zero-order chi connectivity index (χ0) is 13.8. The molecule has 0 fully saturated rings. The summed E-state index contributed by atoms with van der Waals surface area (Å²) in [7, 11) is 1.29. The van der Waals surface area contributed by atoms with Gasteiger partial charge in [0.05, 0.1) is 7.11 Å². The SMILES string of the molecule is CCN(CC(=O)OC)C(=O)c1ccc2n[nH]nc2c1. The van der Waals surface area contributed by atoms with Crippen molar-refractivity contribution in [3.8, 4) is 0 Å². The number of fused-ring (bicyclic) bond motifs is 1. The summed E-state index contributed by atoms with van der Waals surface area (Å²) in [6.07, 6.45) is 0. The molecule has 7 heteroatoms. The Morgan fingerprint density at radius 1 is 1.32 bits per heavy atom. The Morgan fingerprint density at radius 2 is 2.05 bits per heavy atom. The smallest absolute Gasteiger partial charge is 0.325 e. The van der Waals surface area contributed by atoms with Crippen LogP contribution in [-0.2, 0) is 9.53 Å². The van der Waals surface area contributed by atoms with Crippen LogP contribution in [-0.4, -0.2) is 52.4 Å². The molecule has 1 N–H and O–H groups in total. The second-order valence-electron chi connectivity index (χ2n) is 3.92. The zero-order valence-electron chi connectivity index (χ0n) is 10.7. The van der Waals surface area contributed by atoms with Crippen LogP contribution in [0.1, 0.15) is 17.3 Å². The van der Waals surface area contributed by atoms with Gasteiger partial charge in [0.1, 0.15) is 17.6 Å². The number of hydrogen-bond acceptors (Lipinski definition) is 5. The van der Waals surface area contributed by atoms with Crippen LogP contribution in [0.15, 0.2) is 18.2 Å². The number of benzene rings is 1. The summed E-state index contributed by atoms with van der Waals surface area (Å²) < 4.78 is 4.57. The molecule has 0 aliphatic heterocycles. The lowest BCUT2D eigenvalue weighted by Gasteiger charge is -2.19. The van der Waals surface area contributed by atoms with Crippen LogP contribution < -0.4 is 0 Å². The summed E-state index contributed by atoms with van der Waals surface area (Å²) in [5, 5.41) is 10.3. The molecule has 1 amide bonds. The number of H-pyrrole nitrogens is 1. The molecule has 0 saturated heterocycles. The number of nitrogens with zero attached hydrogens (tertiary/aromatic N) is 3. The number of esters is 1. The molecule has 1 heterocycles. The lowest BCUT2D eigenvalue weighted by molar-refractivity contribution is -0.141. The Bertz CT molecular complexity index is 608. The van der Waals surface area contributed by atoms with E-state index in [-0.39, 0.29) is 12.5 Å². The second kappa shape index (κ2) is 5.47. The van der Waals surface area contributed by atoms with E-state index in [0.29, 0.717) is 23.1 Å². The van der Waals surface area contributed by atoms with Gasteiger partial charge in [-0.15, -0.1) is 0 Å². The summed E-state index contributed by atoms with van der Waals surface area (Å²) in [6.45, 7) is 2.16. The molecule has 0 bridgehead atoms. The predicted molar refractivity (Wildman–Crippen MR) is 67.5 cm³/mol. The third-order valence-corrected chi connectivity index (χ3v) is 2.78. The molecule has 1 aromatic heterocycles. The van der Waals surface area contributed by atoms with Crippen molar-refractivity contribution < 1.29 is 14.3 Å². The van der Waals surface area contributed by atoms with E-state index in [2.05, 4.69) is 20.1 Å². The Hall–Kier alpha value is -2.44. The lowest BCUT2D eigenvalue weighted by atomic mass is 10.1. The first-order chi connectivity index (χ1) is 9.15. The number of hydrogen-bond donors (Lipinski definition) is 1. The first-order valence-corrected chi connectivity index (χ1v) is 5.82. The van der Waals surface area contributed by atoms with Crippen molar-refractivity contribution in [2.24, 2.45) is 0 Å². The normalized spacial score (nSPS) is 10.4. The van der Waals surface area contributed by atoms with Crippen LogP contribution in [0.3, 0.4) is 0 Å². The predicted octanol–water partition coefficient (Wildman–Crippen LogP) is 0.593. The number of rotatable bonds is 4. The highest BCUT2D eigenvalue weighted by molar-refractivity contribution is 5.98. The Kier molecular flexibility index (Phi) is 3.74. The minimum atomic E-state index is -0.447. The number of likely N-dealkylation sites (N-methyl/N-ethyl adjacent to an activating group) is 1. The Morgan fingerprint density at radius 3 is 2.74 bits per heavy atom. The highest BCUT2D eigenvalue weighted by Gasteiger charge is 2.18. The van der Waals surface area contributed by atoms with Crippen molar-refractivity contribution in [2.45, 2.75) is 6.92 Å². The number of carbonyl (C=O) groups excluding carboxylic acids is 2. The van der Waals surface area contributed by atoms with Crippen molar-refractivity contribution in [1.82, 2.24) is 20.3 Å². The quantitative estimate of drug-likeness (QED) is 0.815. The second-order valence-corrected chi connectivity index (χ2v) is 3.92. The third kappa shape index (κ3) is 2.70. The minimum Gasteiger partial charge on any atom is -0.468 e. The summed E-state index contributed by atoms with van der Waals surface area (Å²) in [5.41, 5.74) is 1.76. The van der Waals surface area contributed by atoms with Gasteiger partial charge in [0.25, 0.3) is 5.91 Å². The van der Waals surface area contributed by atoms with Gasteiger partial charge in [-0.05, 0) is 25.1 Å². The summed E-state index contributed by atoms with van der Waals surface area (Å²) in [4.78, 5) is 24.9. The van der Waals surface area contributed by atoms with E-state index in [1.54, 1.807) is 25.1 Å². The van der Waals surface area contributed by atoms with Gasteiger partial charge in [-0.1, -0.05) is 0 Å². The van der Waals surface area contributed by atoms with Gasteiger partial charge >= 0.3 is 5.97 Å². The van der Waals surface area contributed by atoms with E-state index in [4.69, 9.17) is 0 Å². The highest BCUT2D eigenvalue weighted by atomic mass is 16.5. The molecule has 0 saturated carbocycles. The van der Waals surface area contributed by atoms with Crippen molar-refractivity contribution in [3.05, 3.63) is 23.8 Å². The molecular formula is C12H14N4O3. The van der Waals surface area contributed by atoms with E-state index in [1.165, 1.54) is 12.0 Å². The molecule has 0 aliphatic rings. The molecule has 0 radical (unpaired) electrons. The summed E-state index contributed by atoms with van der Waals surface area (Å²) in [6, 6.07) is 5.01. The van der Waals surface area contributed by atoms with Crippen molar-refractivity contribution in [3.63, 3.8) is 0 Å². The van der Waals surface area contributed by atoms with E-state index in [0.717, 1.165) is 0 Å². The Labute approximate surface area is 109 Å². The number of nitrogens with one attached hydrogen (secondary N) is 1. The number of ether oxygens (including phenoxy) is 1. The van der Waals surface area contributed by atoms with Gasteiger partial charge in [0.15, 0.2) is 0 Å². The van der Waals surface area contributed by atoms with Crippen LogP contribution >= 0.6 is 0 Å². The molecular weight excluding hydrogens is 248 g/mol. The van der Waals surface area contributed by atoms with Gasteiger partial charge in [0, 0.05) is 12.1 Å². The van der Waals surface area contributed by atoms with Gasteiger partial charge in [-0.25, -0.2) is 0 Å². The first kappa shape index (κ1) is 13.0. The standard InChI is InChI=1S/C12H14N4O3/c1-3-16(7-11(17)19-2)12(18)8-4-5-9-10(6-8)14-15-13-9/h4-6H,3,7H2,1-2H3,(H,13,14,15). The fourth-order valence-corrected chi connectivity index (χ4v) is 1.70. The maximum atomic E-state index is 12.3. The van der Waals surface area contributed by atoms with E-state index >= 15 is 0 Å². The fourth-order valence-electron chi connectivity index (χ4n) is 1.70. The maximum Gasteiger partial charge on any atom is 0.325 e. The summed E-state index contributed by atoms with van der Waals surface area (Å²) >= 11 is 0. The molecule has 19 heavy (non-hydrogen) atoms. The van der Waals surface area contributed by atoms with Gasteiger partial charge in [-0.3, -0.25) is 9.59 Å². The third-order valence-electron chi connectivity index (χ3n) is 2.78. The van der Waals surface area contributed by atoms with E-state index in [9.17, 15) is 9.59 Å².